The number of hydrogen-bond acceptors (Lipinski definition) is 2. The molecule has 3 rings (SSSR count). The molecular formula is C21H31FO2. The number of unbranched alkanes of at least 4 members (excludes halogenated alkanes) is 2. The van der Waals surface area contributed by atoms with Crippen molar-refractivity contribution in [2.45, 2.75) is 64.6 Å². The Kier molecular flexibility index (Phi) is 6.67. The molecule has 0 spiro atoms. The zero-order valence-electron chi connectivity index (χ0n) is 14.9. The zero-order valence-corrected chi connectivity index (χ0v) is 14.9. The highest BCUT2D eigenvalue weighted by molar-refractivity contribution is 5.17. The van der Waals surface area contributed by atoms with Gasteiger partial charge in [-0.05, 0) is 36.8 Å². The van der Waals surface area contributed by atoms with Gasteiger partial charge in [-0.2, -0.15) is 0 Å². The van der Waals surface area contributed by atoms with E-state index < -0.39 is 0 Å². The minimum absolute atomic E-state index is 0.219. The molecule has 1 heterocycles. The highest BCUT2D eigenvalue weighted by Gasteiger charge is 2.32. The molecule has 24 heavy (non-hydrogen) atoms. The van der Waals surface area contributed by atoms with Crippen molar-refractivity contribution < 1.29 is 13.9 Å². The van der Waals surface area contributed by atoms with Gasteiger partial charge in [0, 0.05) is 11.5 Å². The Hall–Kier alpha value is -0.930. The van der Waals surface area contributed by atoms with Crippen LogP contribution in [0.1, 0.15) is 70.1 Å². The Balaban J connectivity index is 1.40. The second-order valence-corrected chi connectivity index (χ2v) is 7.59. The van der Waals surface area contributed by atoms with Gasteiger partial charge in [0.15, 0.2) is 6.29 Å². The molecule has 134 valence electrons. The summed E-state index contributed by atoms with van der Waals surface area (Å²) < 4.78 is 24.9. The lowest BCUT2D eigenvalue weighted by Gasteiger charge is -2.38. The lowest BCUT2D eigenvalue weighted by molar-refractivity contribution is -0.214. The molecule has 1 saturated carbocycles. The molecule has 0 radical (unpaired) electrons. The Morgan fingerprint density at radius 1 is 0.917 bits per heavy atom. The van der Waals surface area contributed by atoms with Gasteiger partial charge in [0.1, 0.15) is 5.82 Å². The van der Waals surface area contributed by atoms with E-state index in [2.05, 4.69) is 6.92 Å². The average Bonchev–Trinajstić information content (AvgIpc) is 2.63. The third kappa shape index (κ3) is 4.80. The second-order valence-electron chi connectivity index (χ2n) is 7.59. The number of halogens is 1. The number of ether oxygens (including phenoxy) is 2. The first-order chi connectivity index (χ1) is 11.8. The van der Waals surface area contributed by atoms with Gasteiger partial charge in [-0.1, -0.05) is 57.6 Å². The molecule has 0 atom stereocenters. The standard InChI is InChI=1S/C21H31FO2/c1-2-3-4-5-16-6-8-17(9-7-16)19-14-23-21(24-15-19)18-10-12-20(22)13-11-18/h10-13,16-17,19,21H,2-9,14-15H2,1H3. The second kappa shape index (κ2) is 8.96. The summed E-state index contributed by atoms with van der Waals surface area (Å²) in [4.78, 5) is 0. The molecule has 2 nitrogen and oxygen atoms in total. The summed E-state index contributed by atoms with van der Waals surface area (Å²) >= 11 is 0. The normalized spacial score (nSPS) is 31.1. The summed E-state index contributed by atoms with van der Waals surface area (Å²) in [5, 5.41) is 0. The Labute approximate surface area is 145 Å². The fourth-order valence-corrected chi connectivity index (χ4v) is 4.23. The SMILES string of the molecule is CCCCCC1CCC(C2COC(c3ccc(F)cc3)OC2)CC1. The number of hydrogen-bond donors (Lipinski definition) is 0. The summed E-state index contributed by atoms with van der Waals surface area (Å²) in [5.41, 5.74) is 0.912. The van der Waals surface area contributed by atoms with Crippen molar-refractivity contribution in [2.24, 2.45) is 17.8 Å². The highest BCUT2D eigenvalue weighted by atomic mass is 19.1. The summed E-state index contributed by atoms with van der Waals surface area (Å²) in [6.07, 6.45) is 10.6. The minimum atomic E-state index is -0.327. The van der Waals surface area contributed by atoms with Gasteiger partial charge in [-0.3, -0.25) is 0 Å². The molecule has 1 aliphatic heterocycles. The fraction of sp³-hybridized carbons (Fsp3) is 0.714. The van der Waals surface area contributed by atoms with Crippen molar-refractivity contribution in [1.29, 1.82) is 0 Å². The largest absolute Gasteiger partial charge is 0.348 e. The molecule has 1 saturated heterocycles. The Morgan fingerprint density at radius 2 is 1.58 bits per heavy atom. The predicted octanol–water partition coefficient (Wildman–Crippen LogP) is 5.87. The van der Waals surface area contributed by atoms with Crippen LogP contribution in [0.3, 0.4) is 0 Å². The molecule has 3 heteroatoms. The molecule has 1 aliphatic carbocycles. The number of benzene rings is 1. The molecule has 2 aliphatic rings. The fourth-order valence-electron chi connectivity index (χ4n) is 4.23. The van der Waals surface area contributed by atoms with Crippen LogP contribution in [-0.2, 0) is 9.47 Å². The van der Waals surface area contributed by atoms with Crippen LogP contribution in [0.15, 0.2) is 24.3 Å². The molecule has 0 amide bonds. The Bertz CT molecular complexity index is 471. The maximum Gasteiger partial charge on any atom is 0.183 e. The van der Waals surface area contributed by atoms with Crippen LogP contribution in [-0.4, -0.2) is 13.2 Å². The summed E-state index contributed by atoms with van der Waals surface area (Å²) in [6, 6.07) is 6.44. The van der Waals surface area contributed by atoms with Gasteiger partial charge >= 0.3 is 0 Å². The monoisotopic (exact) mass is 334 g/mol. The third-order valence-electron chi connectivity index (χ3n) is 5.84. The maximum atomic E-state index is 13.0. The first-order valence-electron chi connectivity index (χ1n) is 9.75. The lowest BCUT2D eigenvalue weighted by atomic mass is 9.74. The van der Waals surface area contributed by atoms with Crippen LogP contribution in [0.5, 0.6) is 0 Å². The van der Waals surface area contributed by atoms with Crippen LogP contribution in [0.4, 0.5) is 4.39 Å². The van der Waals surface area contributed by atoms with E-state index in [-0.39, 0.29) is 12.1 Å². The van der Waals surface area contributed by atoms with Crippen molar-refractivity contribution in [3.63, 3.8) is 0 Å². The van der Waals surface area contributed by atoms with E-state index in [9.17, 15) is 4.39 Å². The van der Waals surface area contributed by atoms with Crippen LogP contribution in [0.2, 0.25) is 0 Å². The topological polar surface area (TPSA) is 18.5 Å². The van der Waals surface area contributed by atoms with Gasteiger partial charge in [-0.25, -0.2) is 4.39 Å². The highest BCUT2D eigenvalue weighted by Crippen LogP contribution is 2.38. The molecule has 0 aromatic heterocycles. The van der Waals surface area contributed by atoms with Crippen LogP contribution >= 0.6 is 0 Å². The first-order valence-corrected chi connectivity index (χ1v) is 9.75. The van der Waals surface area contributed by atoms with Gasteiger partial charge < -0.3 is 9.47 Å². The molecular weight excluding hydrogens is 303 g/mol. The zero-order chi connectivity index (χ0) is 16.8. The molecule has 0 N–H and O–H groups in total. The maximum absolute atomic E-state index is 13.0. The van der Waals surface area contributed by atoms with Gasteiger partial charge in [0.05, 0.1) is 13.2 Å². The van der Waals surface area contributed by atoms with Crippen LogP contribution < -0.4 is 0 Å². The van der Waals surface area contributed by atoms with Crippen LogP contribution in [0, 0.1) is 23.6 Å². The summed E-state index contributed by atoms with van der Waals surface area (Å²) in [5.74, 6) is 2.01. The number of rotatable bonds is 6. The predicted molar refractivity (Wildman–Crippen MR) is 94.1 cm³/mol. The molecule has 0 unspecified atom stereocenters. The summed E-state index contributed by atoms with van der Waals surface area (Å²) in [6.45, 7) is 3.82. The van der Waals surface area contributed by atoms with E-state index in [1.165, 1.54) is 63.5 Å². The van der Waals surface area contributed by atoms with Crippen molar-refractivity contribution in [1.82, 2.24) is 0 Å². The Morgan fingerprint density at radius 3 is 2.21 bits per heavy atom. The first kappa shape index (κ1) is 17.9. The van der Waals surface area contributed by atoms with Crippen molar-refractivity contribution in [3.05, 3.63) is 35.6 Å². The molecule has 2 fully saturated rings. The van der Waals surface area contributed by atoms with E-state index in [1.807, 2.05) is 0 Å². The van der Waals surface area contributed by atoms with E-state index >= 15 is 0 Å². The van der Waals surface area contributed by atoms with E-state index in [1.54, 1.807) is 12.1 Å². The van der Waals surface area contributed by atoms with E-state index in [4.69, 9.17) is 9.47 Å². The quantitative estimate of drug-likeness (QED) is 0.605. The summed E-state index contributed by atoms with van der Waals surface area (Å²) in [7, 11) is 0. The van der Waals surface area contributed by atoms with Crippen LogP contribution in [0.25, 0.3) is 0 Å². The van der Waals surface area contributed by atoms with Gasteiger partial charge in [-0.15, -0.1) is 0 Å². The van der Waals surface area contributed by atoms with E-state index in [0.29, 0.717) is 5.92 Å². The molecule has 0 bridgehead atoms. The molecule has 1 aromatic rings. The minimum Gasteiger partial charge on any atom is -0.348 e. The molecule has 1 aromatic carbocycles. The average molecular weight is 334 g/mol. The van der Waals surface area contributed by atoms with Crippen molar-refractivity contribution in [2.75, 3.05) is 13.2 Å². The van der Waals surface area contributed by atoms with Gasteiger partial charge in [0.2, 0.25) is 0 Å². The smallest absolute Gasteiger partial charge is 0.183 e. The van der Waals surface area contributed by atoms with Gasteiger partial charge in [0.25, 0.3) is 0 Å². The van der Waals surface area contributed by atoms with E-state index in [0.717, 1.165) is 30.6 Å². The van der Waals surface area contributed by atoms with Crippen molar-refractivity contribution in [3.8, 4) is 0 Å². The van der Waals surface area contributed by atoms with Crippen molar-refractivity contribution >= 4 is 0 Å². The lowest BCUT2D eigenvalue weighted by Crippen LogP contribution is -2.34. The third-order valence-corrected chi connectivity index (χ3v) is 5.84.